The van der Waals surface area contributed by atoms with E-state index in [-0.39, 0.29) is 18.0 Å². The second kappa shape index (κ2) is 1.23. The topological polar surface area (TPSA) is 35.5 Å². The van der Waals surface area contributed by atoms with Crippen molar-refractivity contribution in [3.05, 3.63) is 0 Å². The monoisotopic (exact) mass is 114 g/mol. The number of esters is 1. The largest absolute Gasteiger partial charge is 0.459 e. The molecule has 0 aliphatic carbocycles. The predicted molar refractivity (Wildman–Crippen MR) is 24.2 cm³/mol. The number of carbonyl (C=O) groups is 1. The average Bonchev–Trinajstić information content (AvgIpc) is 2.09. The van der Waals surface area contributed by atoms with E-state index in [9.17, 15) is 4.79 Å². The first-order chi connectivity index (χ1) is 3.88. The van der Waals surface area contributed by atoms with Crippen LogP contribution in [0.15, 0.2) is 0 Å². The maximum absolute atomic E-state index is 10.4. The van der Waals surface area contributed by atoms with Crippen LogP contribution in [0.2, 0.25) is 0 Å². The Morgan fingerprint density at radius 1 is 1.50 bits per heavy atom. The molecule has 2 heterocycles. The molecule has 8 heavy (non-hydrogen) atoms. The Balaban J connectivity index is 2.11. The summed E-state index contributed by atoms with van der Waals surface area (Å²) >= 11 is 0. The van der Waals surface area contributed by atoms with Gasteiger partial charge in [0.2, 0.25) is 0 Å². The molecular weight excluding hydrogens is 108 g/mol. The van der Waals surface area contributed by atoms with Crippen molar-refractivity contribution in [2.45, 2.75) is 6.10 Å². The molecule has 0 saturated carbocycles. The molecule has 0 aromatic heterocycles. The highest BCUT2D eigenvalue weighted by Gasteiger charge is 2.46. The lowest BCUT2D eigenvalue weighted by molar-refractivity contribution is -0.177. The van der Waals surface area contributed by atoms with Crippen LogP contribution in [-0.2, 0) is 14.3 Å². The molecule has 0 N–H and O–H groups in total. The first kappa shape index (κ1) is 4.32. The Kier molecular flexibility index (Phi) is 0.663. The molecule has 2 aliphatic heterocycles. The highest BCUT2D eigenvalue weighted by atomic mass is 16.6. The van der Waals surface area contributed by atoms with Gasteiger partial charge in [-0.1, -0.05) is 0 Å². The Morgan fingerprint density at radius 2 is 2.38 bits per heavy atom. The fraction of sp³-hybridized carbons (Fsp3) is 0.800. The Morgan fingerprint density at radius 3 is 2.88 bits per heavy atom. The van der Waals surface area contributed by atoms with E-state index < -0.39 is 0 Å². The molecule has 0 amide bonds. The van der Waals surface area contributed by atoms with E-state index in [4.69, 9.17) is 9.47 Å². The van der Waals surface area contributed by atoms with Gasteiger partial charge in [-0.25, -0.2) is 0 Å². The molecule has 0 aromatic rings. The molecular formula is C5H6O3. The number of ether oxygens (including phenoxy) is 2. The summed E-state index contributed by atoms with van der Waals surface area (Å²) in [5.41, 5.74) is 0. The smallest absolute Gasteiger partial charge is 0.315 e. The molecule has 2 fully saturated rings. The summed E-state index contributed by atoms with van der Waals surface area (Å²) in [6.07, 6.45) is 0.0995. The number of hydrogen-bond acceptors (Lipinski definition) is 3. The fourth-order valence-electron chi connectivity index (χ4n) is 1.03. The summed E-state index contributed by atoms with van der Waals surface area (Å²) in [7, 11) is 0. The van der Waals surface area contributed by atoms with Crippen LogP contribution in [0.3, 0.4) is 0 Å². The molecule has 0 spiro atoms. The summed E-state index contributed by atoms with van der Waals surface area (Å²) in [5, 5.41) is 0. The van der Waals surface area contributed by atoms with Gasteiger partial charge in [0, 0.05) is 0 Å². The second-order valence-electron chi connectivity index (χ2n) is 2.12. The van der Waals surface area contributed by atoms with Crippen LogP contribution in [-0.4, -0.2) is 25.3 Å². The van der Waals surface area contributed by atoms with Gasteiger partial charge in [0.1, 0.15) is 12.0 Å². The van der Waals surface area contributed by atoms with Crippen molar-refractivity contribution >= 4 is 5.97 Å². The van der Waals surface area contributed by atoms with Crippen molar-refractivity contribution in [1.29, 1.82) is 0 Å². The number of fused-ring (bicyclic) bond motifs is 1. The lowest BCUT2D eigenvalue weighted by atomic mass is 10.0. The van der Waals surface area contributed by atoms with Crippen LogP contribution < -0.4 is 0 Å². The Hall–Kier alpha value is -0.570. The van der Waals surface area contributed by atoms with E-state index >= 15 is 0 Å². The summed E-state index contributed by atoms with van der Waals surface area (Å²) < 4.78 is 9.66. The summed E-state index contributed by atoms with van der Waals surface area (Å²) in [5.74, 6) is -0.0116. The molecule has 0 bridgehead atoms. The van der Waals surface area contributed by atoms with Crippen molar-refractivity contribution < 1.29 is 14.3 Å². The third-order valence-electron chi connectivity index (χ3n) is 1.60. The standard InChI is InChI=1S/C5H6O3/c6-5-3-1-7-2-4(3)8-5/h3-4H,1-2H2. The maximum Gasteiger partial charge on any atom is 0.315 e. The van der Waals surface area contributed by atoms with Gasteiger partial charge in [0.15, 0.2) is 0 Å². The van der Waals surface area contributed by atoms with Crippen LogP contribution in [0.5, 0.6) is 0 Å². The zero-order chi connectivity index (χ0) is 5.56. The van der Waals surface area contributed by atoms with Gasteiger partial charge < -0.3 is 9.47 Å². The SMILES string of the molecule is O=C1OC2COCC12. The van der Waals surface area contributed by atoms with Gasteiger partial charge in [0.05, 0.1) is 13.2 Å². The Labute approximate surface area is 46.6 Å². The lowest BCUT2D eigenvalue weighted by Crippen LogP contribution is -2.43. The van der Waals surface area contributed by atoms with Crippen molar-refractivity contribution in [1.82, 2.24) is 0 Å². The van der Waals surface area contributed by atoms with Gasteiger partial charge in [-0.15, -0.1) is 0 Å². The van der Waals surface area contributed by atoms with E-state index in [0.29, 0.717) is 13.2 Å². The molecule has 2 atom stereocenters. The summed E-state index contributed by atoms with van der Waals surface area (Å²) in [6, 6.07) is 0. The normalized spacial score (nSPS) is 42.8. The van der Waals surface area contributed by atoms with E-state index in [1.807, 2.05) is 0 Å². The van der Waals surface area contributed by atoms with Gasteiger partial charge >= 0.3 is 5.97 Å². The van der Waals surface area contributed by atoms with Gasteiger partial charge in [0.25, 0.3) is 0 Å². The molecule has 0 aromatic carbocycles. The number of carbonyl (C=O) groups excluding carboxylic acids is 1. The Bertz CT molecular complexity index is 132. The molecule has 2 rings (SSSR count). The zero-order valence-electron chi connectivity index (χ0n) is 4.29. The highest BCUT2D eigenvalue weighted by Crippen LogP contribution is 2.27. The van der Waals surface area contributed by atoms with Crippen LogP contribution in [0.1, 0.15) is 0 Å². The van der Waals surface area contributed by atoms with Crippen molar-refractivity contribution in [2.24, 2.45) is 5.92 Å². The first-order valence-corrected chi connectivity index (χ1v) is 2.66. The van der Waals surface area contributed by atoms with Gasteiger partial charge in [-0.05, 0) is 0 Å². The van der Waals surface area contributed by atoms with E-state index in [0.717, 1.165) is 0 Å². The molecule has 2 saturated heterocycles. The predicted octanol–water partition coefficient (Wildman–Crippen LogP) is -0.442. The van der Waals surface area contributed by atoms with Crippen molar-refractivity contribution in [2.75, 3.05) is 13.2 Å². The van der Waals surface area contributed by atoms with E-state index in [1.54, 1.807) is 0 Å². The van der Waals surface area contributed by atoms with Crippen LogP contribution >= 0.6 is 0 Å². The second-order valence-corrected chi connectivity index (χ2v) is 2.12. The van der Waals surface area contributed by atoms with Crippen molar-refractivity contribution in [3.63, 3.8) is 0 Å². The van der Waals surface area contributed by atoms with Crippen LogP contribution in [0, 0.1) is 5.92 Å². The highest BCUT2D eigenvalue weighted by molar-refractivity contribution is 5.79. The molecule has 44 valence electrons. The molecule has 2 aliphatic rings. The minimum atomic E-state index is -0.0903. The zero-order valence-corrected chi connectivity index (χ0v) is 4.29. The third-order valence-corrected chi connectivity index (χ3v) is 1.60. The first-order valence-electron chi connectivity index (χ1n) is 2.66. The molecule has 3 heteroatoms. The number of rotatable bonds is 0. The van der Waals surface area contributed by atoms with Crippen LogP contribution in [0.4, 0.5) is 0 Å². The van der Waals surface area contributed by atoms with Crippen LogP contribution in [0.25, 0.3) is 0 Å². The maximum atomic E-state index is 10.4. The number of hydrogen-bond donors (Lipinski definition) is 0. The quantitative estimate of drug-likeness (QED) is 0.400. The summed E-state index contributed by atoms with van der Waals surface area (Å²) in [4.78, 5) is 10.4. The third kappa shape index (κ3) is 0.351. The van der Waals surface area contributed by atoms with E-state index in [2.05, 4.69) is 0 Å². The van der Waals surface area contributed by atoms with E-state index in [1.165, 1.54) is 0 Å². The van der Waals surface area contributed by atoms with Gasteiger partial charge in [-0.2, -0.15) is 0 Å². The van der Waals surface area contributed by atoms with Crippen molar-refractivity contribution in [3.8, 4) is 0 Å². The minimum Gasteiger partial charge on any atom is -0.459 e. The molecule has 2 unspecified atom stereocenters. The summed E-state index contributed by atoms with van der Waals surface area (Å²) in [6.45, 7) is 1.18. The molecule has 0 radical (unpaired) electrons. The molecule has 3 nitrogen and oxygen atoms in total. The minimum absolute atomic E-state index is 0.0787. The average molecular weight is 114 g/mol. The lowest BCUT2D eigenvalue weighted by Gasteiger charge is -2.26. The fourth-order valence-corrected chi connectivity index (χ4v) is 1.03. The van der Waals surface area contributed by atoms with Gasteiger partial charge in [-0.3, -0.25) is 4.79 Å².